The molecule has 2 nitrogen and oxygen atoms in total. The first kappa shape index (κ1) is 14.4. The molecule has 0 radical (unpaired) electrons. The third-order valence-electron chi connectivity index (χ3n) is 1.57. The van der Waals surface area contributed by atoms with Crippen LogP contribution < -0.4 is 5.32 Å². The third-order valence-corrected chi connectivity index (χ3v) is 1.57. The molecule has 0 aromatic rings. The van der Waals surface area contributed by atoms with E-state index in [-0.39, 0.29) is 6.10 Å². The lowest BCUT2D eigenvalue weighted by molar-refractivity contribution is 0.130. The van der Waals surface area contributed by atoms with E-state index in [4.69, 9.17) is 5.11 Å². The predicted molar refractivity (Wildman–Crippen MR) is 55.4 cm³/mol. The second-order valence-corrected chi connectivity index (χ2v) is 2.79. The van der Waals surface area contributed by atoms with Gasteiger partial charge in [0, 0.05) is 0 Å². The molecule has 1 aliphatic carbocycles. The van der Waals surface area contributed by atoms with Gasteiger partial charge in [-0.15, -0.1) is 0 Å². The predicted octanol–water partition coefficient (Wildman–Crippen LogP) is 2.17. The first-order chi connectivity index (χ1) is 5.81. The Labute approximate surface area is 77.4 Å². The molecule has 0 heterocycles. The number of aliphatic hydroxyl groups excluding tert-OH is 1. The van der Waals surface area contributed by atoms with E-state index in [2.05, 4.69) is 5.32 Å². The van der Waals surface area contributed by atoms with Gasteiger partial charge in [-0.1, -0.05) is 33.1 Å². The van der Waals surface area contributed by atoms with Gasteiger partial charge in [0.05, 0.1) is 6.10 Å². The SMILES string of the molecule is CC.CNC.OC1CCCCC1. The number of aliphatic hydroxyl groups is 1. The molecule has 76 valence electrons. The molecular weight excluding hydrogens is 150 g/mol. The monoisotopic (exact) mass is 175 g/mol. The molecule has 0 bridgehead atoms. The van der Waals surface area contributed by atoms with Crippen LogP contribution in [0.25, 0.3) is 0 Å². The number of hydrogen-bond donors (Lipinski definition) is 2. The summed E-state index contributed by atoms with van der Waals surface area (Å²) in [6.07, 6.45) is 5.92. The van der Waals surface area contributed by atoms with Crippen LogP contribution in [0.2, 0.25) is 0 Å². The Balaban J connectivity index is 0. The van der Waals surface area contributed by atoms with Crippen LogP contribution >= 0.6 is 0 Å². The highest BCUT2D eigenvalue weighted by Crippen LogP contribution is 2.16. The van der Waals surface area contributed by atoms with Crippen molar-refractivity contribution in [2.24, 2.45) is 0 Å². The highest BCUT2D eigenvalue weighted by molar-refractivity contribution is 4.61. The van der Waals surface area contributed by atoms with Crippen LogP contribution in [-0.4, -0.2) is 25.3 Å². The van der Waals surface area contributed by atoms with Crippen molar-refractivity contribution in [2.45, 2.75) is 52.1 Å². The maximum atomic E-state index is 8.91. The van der Waals surface area contributed by atoms with Gasteiger partial charge >= 0.3 is 0 Å². The molecule has 2 N–H and O–H groups in total. The average Bonchev–Trinajstić information content (AvgIpc) is 2.11. The molecule has 2 heteroatoms. The second kappa shape index (κ2) is 13.5. The number of nitrogens with one attached hydrogen (secondary N) is 1. The molecule has 0 spiro atoms. The number of rotatable bonds is 0. The van der Waals surface area contributed by atoms with Crippen molar-refractivity contribution < 1.29 is 5.11 Å². The van der Waals surface area contributed by atoms with Crippen molar-refractivity contribution in [1.82, 2.24) is 5.32 Å². The van der Waals surface area contributed by atoms with E-state index in [9.17, 15) is 0 Å². The summed E-state index contributed by atoms with van der Waals surface area (Å²) in [6, 6.07) is 0. The topological polar surface area (TPSA) is 32.3 Å². The molecule has 1 aliphatic rings. The minimum atomic E-state index is 0.0359. The van der Waals surface area contributed by atoms with Crippen LogP contribution in [0.15, 0.2) is 0 Å². The van der Waals surface area contributed by atoms with Crippen LogP contribution in [0.5, 0.6) is 0 Å². The first-order valence-corrected chi connectivity index (χ1v) is 5.07. The van der Waals surface area contributed by atoms with E-state index in [0.717, 1.165) is 12.8 Å². The fourth-order valence-corrected chi connectivity index (χ4v) is 1.08. The first-order valence-electron chi connectivity index (χ1n) is 5.07. The standard InChI is InChI=1S/C6H12O.C2H7N.C2H6/c7-6-4-2-1-3-5-6;1-3-2;1-2/h6-7H,1-5H2;3H,1-2H3;1-2H3. The van der Waals surface area contributed by atoms with E-state index >= 15 is 0 Å². The third kappa shape index (κ3) is 12.6. The Kier molecular flexibility index (Phi) is 16.3. The molecule has 1 rings (SSSR count). The van der Waals surface area contributed by atoms with Gasteiger partial charge in [0.25, 0.3) is 0 Å². The lowest BCUT2D eigenvalue weighted by atomic mass is 9.98. The zero-order chi connectivity index (χ0) is 9.82. The quantitative estimate of drug-likeness (QED) is 0.591. The van der Waals surface area contributed by atoms with Crippen LogP contribution in [0.4, 0.5) is 0 Å². The normalized spacial score (nSPS) is 16.8. The molecule has 12 heavy (non-hydrogen) atoms. The lowest BCUT2D eigenvalue weighted by Crippen LogP contribution is -2.09. The van der Waals surface area contributed by atoms with Gasteiger partial charge in [0.1, 0.15) is 0 Å². The summed E-state index contributed by atoms with van der Waals surface area (Å²) >= 11 is 0. The molecule has 0 aromatic heterocycles. The molecule has 0 atom stereocenters. The maximum absolute atomic E-state index is 8.91. The van der Waals surface area contributed by atoms with Gasteiger partial charge in [-0.05, 0) is 26.9 Å². The zero-order valence-electron chi connectivity index (χ0n) is 9.06. The van der Waals surface area contributed by atoms with E-state index in [1.165, 1.54) is 19.3 Å². The molecule has 1 saturated carbocycles. The van der Waals surface area contributed by atoms with Crippen LogP contribution in [-0.2, 0) is 0 Å². The van der Waals surface area contributed by atoms with Crippen molar-refractivity contribution in [3.8, 4) is 0 Å². The summed E-state index contributed by atoms with van der Waals surface area (Å²) in [5.41, 5.74) is 0. The van der Waals surface area contributed by atoms with Crippen molar-refractivity contribution in [3.05, 3.63) is 0 Å². The fourth-order valence-electron chi connectivity index (χ4n) is 1.08. The Hall–Kier alpha value is -0.0800. The van der Waals surface area contributed by atoms with Gasteiger partial charge < -0.3 is 10.4 Å². The smallest absolute Gasteiger partial charge is 0.0540 e. The minimum Gasteiger partial charge on any atom is -0.393 e. The fraction of sp³-hybridized carbons (Fsp3) is 1.00. The lowest BCUT2D eigenvalue weighted by Gasteiger charge is -2.14. The summed E-state index contributed by atoms with van der Waals surface area (Å²) in [6.45, 7) is 4.00. The summed E-state index contributed by atoms with van der Waals surface area (Å²) < 4.78 is 0. The van der Waals surface area contributed by atoms with Crippen molar-refractivity contribution in [2.75, 3.05) is 14.1 Å². The maximum Gasteiger partial charge on any atom is 0.0540 e. The molecule has 0 aliphatic heterocycles. The number of hydrogen-bond acceptors (Lipinski definition) is 2. The molecular formula is C10H25NO. The van der Waals surface area contributed by atoms with Gasteiger partial charge in [0.15, 0.2) is 0 Å². The van der Waals surface area contributed by atoms with Crippen molar-refractivity contribution in [1.29, 1.82) is 0 Å². The minimum absolute atomic E-state index is 0.0359. The Morgan fingerprint density at radius 3 is 1.50 bits per heavy atom. The highest BCUT2D eigenvalue weighted by atomic mass is 16.3. The summed E-state index contributed by atoms with van der Waals surface area (Å²) in [4.78, 5) is 0. The summed E-state index contributed by atoms with van der Waals surface area (Å²) in [5, 5.41) is 11.7. The van der Waals surface area contributed by atoms with Crippen LogP contribution in [0, 0.1) is 0 Å². The molecule has 0 saturated heterocycles. The van der Waals surface area contributed by atoms with Gasteiger partial charge in [-0.2, -0.15) is 0 Å². The van der Waals surface area contributed by atoms with E-state index in [1.54, 1.807) is 0 Å². The Morgan fingerprint density at radius 2 is 1.33 bits per heavy atom. The van der Waals surface area contributed by atoms with E-state index in [1.807, 2.05) is 27.9 Å². The van der Waals surface area contributed by atoms with Gasteiger partial charge in [-0.3, -0.25) is 0 Å². The molecule has 0 aromatic carbocycles. The van der Waals surface area contributed by atoms with E-state index < -0.39 is 0 Å². The van der Waals surface area contributed by atoms with Gasteiger partial charge in [0.2, 0.25) is 0 Å². The second-order valence-electron chi connectivity index (χ2n) is 2.79. The Bertz CT molecular complexity index is 60.9. The zero-order valence-corrected chi connectivity index (χ0v) is 9.06. The highest BCUT2D eigenvalue weighted by Gasteiger charge is 2.07. The summed E-state index contributed by atoms with van der Waals surface area (Å²) in [5.74, 6) is 0. The van der Waals surface area contributed by atoms with Crippen LogP contribution in [0.3, 0.4) is 0 Å². The van der Waals surface area contributed by atoms with E-state index in [0.29, 0.717) is 0 Å². The Morgan fingerprint density at radius 1 is 1.00 bits per heavy atom. The van der Waals surface area contributed by atoms with Gasteiger partial charge in [-0.25, -0.2) is 0 Å². The molecule has 0 unspecified atom stereocenters. The summed E-state index contributed by atoms with van der Waals surface area (Å²) in [7, 11) is 3.75. The van der Waals surface area contributed by atoms with Crippen LogP contribution in [0.1, 0.15) is 46.0 Å². The average molecular weight is 175 g/mol. The molecule has 0 amide bonds. The largest absolute Gasteiger partial charge is 0.393 e. The van der Waals surface area contributed by atoms with Crippen molar-refractivity contribution >= 4 is 0 Å². The van der Waals surface area contributed by atoms with Crippen molar-refractivity contribution in [3.63, 3.8) is 0 Å². The molecule has 1 fully saturated rings.